The fourth-order valence-corrected chi connectivity index (χ4v) is 2.25. The van der Waals surface area contributed by atoms with E-state index in [2.05, 4.69) is 10.0 Å². The second-order valence-corrected chi connectivity index (χ2v) is 4.78. The third kappa shape index (κ3) is 3.11. The second-order valence-electron chi connectivity index (χ2n) is 4.78. The van der Waals surface area contributed by atoms with Gasteiger partial charge in [0.2, 0.25) is 0 Å². The van der Waals surface area contributed by atoms with Crippen LogP contribution in [0.1, 0.15) is 25.7 Å². The number of azide groups is 1. The van der Waals surface area contributed by atoms with E-state index in [1.807, 2.05) is 0 Å². The summed E-state index contributed by atoms with van der Waals surface area (Å²) >= 11 is 0. The molecule has 6 nitrogen and oxygen atoms in total. The molecule has 0 aromatic heterocycles. The van der Waals surface area contributed by atoms with Crippen molar-refractivity contribution in [3.8, 4) is 0 Å². The molecule has 0 N–H and O–H groups in total. The molecule has 2 fully saturated rings. The third-order valence-electron chi connectivity index (χ3n) is 3.45. The zero-order chi connectivity index (χ0) is 12.3. The molecule has 17 heavy (non-hydrogen) atoms. The summed E-state index contributed by atoms with van der Waals surface area (Å²) in [5.41, 5.74) is 8.50. The number of rotatable bonds is 5. The maximum Gasteiger partial charge on any atom is 0.308 e. The van der Waals surface area contributed by atoms with Crippen LogP contribution in [0.3, 0.4) is 0 Å². The van der Waals surface area contributed by atoms with Crippen LogP contribution >= 0.6 is 0 Å². The number of nitrogens with zero attached hydrogens (tertiary/aromatic N) is 3. The van der Waals surface area contributed by atoms with E-state index in [0.29, 0.717) is 18.8 Å². The van der Waals surface area contributed by atoms with Gasteiger partial charge < -0.3 is 9.47 Å². The summed E-state index contributed by atoms with van der Waals surface area (Å²) < 4.78 is 10.5. The maximum absolute atomic E-state index is 11.4. The first-order valence-corrected chi connectivity index (χ1v) is 5.98. The van der Waals surface area contributed by atoms with Gasteiger partial charge in [-0.3, -0.25) is 4.79 Å². The van der Waals surface area contributed by atoms with E-state index in [1.165, 1.54) is 20.0 Å². The van der Waals surface area contributed by atoms with Crippen LogP contribution < -0.4 is 0 Å². The van der Waals surface area contributed by atoms with Gasteiger partial charge in [-0.15, -0.1) is 0 Å². The maximum atomic E-state index is 11.4. The van der Waals surface area contributed by atoms with Crippen LogP contribution in [-0.4, -0.2) is 31.8 Å². The van der Waals surface area contributed by atoms with Gasteiger partial charge in [-0.05, 0) is 37.1 Å². The molecule has 2 rings (SSSR count). The van der Waals surface area contributed by atoms with Crippen LogP contribution in [0.25, 0.3) is 10.4 Å². The molecule has 0 spiro atoms. The van der Waals surface area contributed by atoms with Crippen molar-refractivity contribution in [2.75, 3.05) is 13.7 Å². The lowest BCUT2D eigenvalue weighted by Crippen LogP contribution is -2.22. The van der Waals surface area contributed by atoms with Gasteiger partial charge in [0, 0.05) is 11.5 Å². The number of esters is 1. The van der Waals surface area contributed by atoms with Crippen LogP contribution in [0.15, 0.2) is 5.11 Å². The number of methoxy groups -OCH3 is 1. The fourth-order valence-electron chi connectivity index (χ4n) is 2.25. The van der Waals surface area contributed by atoms with Crippen molar-refractivity contribution in [3.63, 3.8) is 0 Å². The number of ether oxygens (including phenoxy) is 2. The molecule has 2 aliphatic carbocycles. The molecule has 6 heteroatoms. The average molecular weight is 239 g/mol. The summed E-state index contributed by atoms with van der Waals surface area (Å²) in [7, 11) is 1.38. The van der Waals surface area contributed by atoms with Crippen LogP contribution in [0.4, 0.5) is 0 Å². The second kappa shape index (κ2) is 5.38. The minimum absolute atomic E-state index is 0.129. The predicted molar refractivity (Wildman–Crippen MR) is 60.1 cm³/mol. The molecule has 0 aromatic carbocycles. The van der Waals surface area contributed by atoms with E-state index in [4.69, 9.17) is 15.0 Å². The zero-order valence-electron chi connectivity index (χ0n) is 9.91. The summed E-state index contributed by atoms with van der Waals surface area (Å²) in [6.45, 7) is 0.718. The van der Waals surface area contributed by atoms with Gasteiger partial charge in [-0.1, -0.05) is 5.11 Å². The molecule has 0 radical (unpaired) electrons. The predicted octanol–water partition coefficient (Wildman–Crippen LogP) is 2.04. The Morgan fingerprint density at radius 2 is 2.24 bits per heavy atom. The van der Waals surface area contributed by atoms with Crippen molar-refractivity contribution in [1.29, 1.82) is 0 Å². The molecule has 3 atom stereocenters. The summed E-state index contributed by atoms with van der Waals surface area (Å²) in [5.74, 6) is 0.235. The molecule has 0 amide bonds. The van der Waals surface area contributed by atoms with Crippen molar-refractivity contribution in [2.24, 2.45) is 17.0 Å². The zero-order valence-corrected chi connectivity index (χ0v) is 9.91. The number of hydrogen-bond donors (Lipinski definition) is 0. The lowest BCUT2D eigenvalue weighted by Gasteiger charge is -2.15. The van der Waals surface area contributed by atoms with Gasteiger partial charge in [-0.25, -0.2) is 0 Å². The van der Waals surface area contributed by atoms with Crippen molar-refractivity contribution >= 4 is 5.97 Å². The lowest BCUT2D eigenvalue weighted by atomic mass is 10.1. The minimum Gasteiger partial charge on any atom is -0.469 e. The highest BCUT2D eigenvalue weighted by atomic mass is 16.5. The van der Waals surface area contributed by atoms with E-state index in [1.54, 1.807) is 0 Å². The molecule has 3 unspecified atom stereocenters. The topological polar surface area (TPSA) is 84.3 Å². The highest BCUT2D eigenvalue weighted by Crippen LogP contribution is 2.35. The van der Waals surface area contributed by atoms with Gasteiger partial charge in [0.25, 0.3) is 0 Å². The SMILES string of the molecule is COC(=O)C1CC(N=[N+]=[N-])C(OCC2CC2)C1. The van der Waals surface area contributed by atoms with E-state index < -0.39 is 0 Å². The number of carbonyl (C=O) groups is 1. The van der Waals surface area contributed by atoms with Gasteiger partial charge >= 0.3 is 5.97 Å². The highest BCUT2D eigenvalue weighted by molar-refractivity contribution is 5.72. The van der Waals surface area contributed by atoms with Gasteiger partial charge in [0.05, 0.1) is 25.2 Å². The van der Waals surface area contributed by atoms with Crippen LogP contribution in [0.2, 0.25) is 0 Å². The van der Waals surface area contributed by atoms with Crippen LogP contribution in [-0.2, 0) is 14.3 Å². The average Bonchev–Trinajstić information content (AvgIpc) is 3.08. The van der Waals surface area contributed by atoms with E-state index >= 15 is 0 Å². The smallest absolute Gasteiger partial charge is 0.308 e. The Kier molecular flexibility index (Phi) is 3.86. The van der Waals surface area contributed by atoms with Crippen molar-refractivity contribution in [3.05, 3.63) is 10.4 Å². The molecule has 0 aromatic rings. The Hall–Kier alpha value is -1.26. The summed E-state index contributed by atoms with van der Waals surface area (Å²) in [5, 5.41) is 3.72. The normalized spacial score (nSPS) is 31.9. The molecule has 2 aliphatic rings. The Bertz CT molecular complexity index is 337. The molecular weight excluding hydrogens is 222 g/mol. The quantitative estimate of drug-likeness (QED) is 0.318. The fraction of sp³-hybridized carbons (Fsp3) is 0.909. The highest BCUT2D eigenvalue weighted by Gasteiger charge is 2.39. The van der Waals surface area contributed by atoms with E-state index in [-0.39, 0.29) is 24.0 Å². The molecule has 0 saturated heterocycles. The van der Waals surface area contributed by atoms with Crippen LogP contribution in [0, 0.1) is 11.8 Å². The summed E-state index contributed by atoms with van der Waals surface area (Å²) in [4.78, 5) is 14.3. The number of carbonyl (C=O) groups excluding carboxylic acids is 1. The molecular formula is C11H17N3O3. The standard InChI is InChI=1S/C11H17N3O3/c1-16-11(15)8-4-9(13-14-12)10(5-8)17-6-7-2-3-7/h7-10H,2-6H2,1H3. The Balaban J connectivity index is 1.91. The van der Waals surface area contributed by atoms with Crippen LogP contribution in [0.5, 0.6) is 0 Å². The first-order valence-electron chi connectivity index (χ1n) is 5.98. The molecule has 0 aliphatic heterocycles. The van der Waals surface area contributed by atoms with E-state index in [0.717, 1.165) is 6.61 Å². The summed E-state index contributed by atoms with van der Waals surface area (Å²) in [6.07, 6.45) is 3.45. The third-order valence-corrected chi connectivity index (χ3v) is 3.45. The minimum atomic E-state index is -0.235. The van der Waals surface area contributed by atoms with Crippen molar-refractivity contribution in [2.45, 2.75) is 37.8 Å². The first kappa shape index (κ1) is 12.2. The largest absolute Gasteiger partial charge is 0.469 e. The number of hydrogen-bond acceptors (Lipinski definition) is 4. The van der Waals surface area contributed by atoms with Gasteiger partial charge in [0.15, 0.2) is 0 Å². The Morgan fingerprint density at radius 1 is 1.47 bits per heavy atom. The van der Waals surface area contributed by atoms with E-state index in [9.17, 15) is 4.79 Å². The Labute approximate surface area is 99.9 Å². The molecule has 0 bridgehead atoms. The van der Waals surface area contributed by atoms with Crippen molar-refractivity contribution < 1.29 is 14.3 Å². The molecule has 2 saturated carbocycles. The first-order chi connectivity index (χ1) is 8.24. The molecule has 0 heterocycles. The lowest BCUT2D eigenvalue weighted by molar-refractivity contribution is -0.145. The Morgan fingerprint density at radius 3 is 2.82 bits per heavy atom. The summed E-state index contributed by atoms with van der Waals surface area (Å²) in [6, 6.07) is -0.233. The van der Waals surface area contributed by atoms with Crippen molar-refractivity contribution in [1.82, 2.24) is 0 Å². The van der Waals surface area contributed by atoms with Gasteiger partial charge in [0.1, 0.15) is 0 Å². The van der Waals surface area contributed by atoms with Gasteiger partial charge in [-0.2, -0.15) is 0 Å². The monoisotopic (exact) mass is 239 g/mol. The molecule has 94 valence electrons.